The Hall–Kier alpha value is -2.83. The molecule has 2 aliphatic rings. The lowest BCUT2D eigenvalue weighted by atomic mass is 9.81. The molecule has 1 aliphatic carbocycles. The Labute approximate surface area is 207 Å². The number of aliphatic hydroxyl groups is 3. The van der Waals surface area contributed by atoms with Crippen LogP contribution in [0.2, 0.25) is 0 Å². The van der Waals surface area contributed by atoms with Crippen LogP contribution < -0.4 is 0 Å². The molecule has 1 saturated heterocycles. The zero-order valence-electron chi connectivity index (χ0n) is 19.8. The molecule has 1 aromatic carbocycles. The molecule has 198 valence electrons. The maximum Gasteiger partial charge on any atom is 0.330 e. The molecule has 0 bridgehead atoms. The van der Waals surface area contributed by atoms with Gasteiger partial charge in [-0.3, -0.25) is 9.59 Å². The molecule has 9 atom stereocenters. The van der Waals surface area contributed by atoms with Crippen molar-refractivity contribution in [1.29, 1.82) is 0 Å². The SMILES string of the molecule is C[C@@H]1CC[C@H]([C@@H](CO[C@H]2O[C@@H](COC(=O)/C=C/c3ccccc3)[C@@H](O)[C@H](O)[C@H]2O)C(=O)O)[C@H]1C(=O)O. The molecule has 1 saturated carbocycles. The standard InChI is InChI=1S/C25H32O11/c1-13-7-9-15(19(13)24(32)33)16(23(30)31)11-35-25-22(29)21(28)20(27)17(36-25)12-34-18(26)10-8-14-5-3-2-4-6-14/h2-6,8,10,13,15-17,19-22,25,27-29H,7,9,11-12H2,1H3,(H,30,31)(H,32,33)/b10-8+/t13-,15-,16-,17+,19+,20-,21+,22-,25+/m1/s1. The first-order chi connectivity index (χ1) is 17.1. The minimum atomic E-state index is -1.71. The quantitative estimate of drug-likeness (QED) is 0.220. The van der Waals surface area contributed by atoms with Gasteiger partial charge in [-0.1, -0.05) is 37.3 Å². The summed E-state index contributed by atoms with van der Waals surface area (Å²) in [6, 6.07) is 8.99. The monoisotopic (exact) mass is 508 g/mol. The summed E-state index contributed by atoms with van der Waals surface area (Å²) >= 11 is 0. The van der Waals surface area contributed by atoms with Gasteiger partial charge in [-0.2, -0.15) is 0 Å². The summed E-state index contributed by atoms with van der Waals surface area (Å²) in [5.74, 6) is -5.97. The number of hydrogen-bond acceptors (Lipinski definition) is 9. The largest absolute Gasteiger partial charge is 0.481 e. The van der Waals surface area contributed by atoms with Crippen molar-refractivity contribution in [3.8, 4) is 0 Å². The van der Waals surface area contributed by atoms with Crippen LogP contribution in [0.4, 0.5) is 0 Å². The highest BCUT2D eigenvalue weighted by Gasteiger charge is 2.48. The molecule has 0 unspecified atom stereocenters. The van der Waals surface area contributed by atoms with Crippen LogP contribution in [0.15, 0.2) is 36.4 Å². The van der Waals surface area contributed by atoms with Gasteiger partial charge in [-0.15, -0.1) is 0 Å². The van der Waals surface area contributed by atoms with E-state index in [1.165, 1.54) is 12.2 Å². The van der Waals surface area contributed by atoms with E-state index in [2.05, 4.69) is 0 Å². The van der Waals surface area contributed by atoms with E-state index in [1.54, 1.807) is 31.2 Å². The third kappa shape index (κ3) is 6.68. The van der Waals surface area contributed by atoms with E-state index < -0.39 is 79.6 Å². The van der Waals surface area contributed by atoms with Crippen molar-refractivity contribution >= 4 is 24.0 Å². The van der Waals surface area contributed by atoms with Crippen molar-refractivity contribution in [2.45, 2.75) is 50.5 Å². The molecule has 3 rings (SSSR count). The highest BCUT2D eigenvalue weighted by molar-refractivity contribution is 5.87. The molecule has 1 heterocycles. The zero-order chi connectivity index (χ0) is 26.4. The van der Waals surface area contributed by atoms with Gasteiger partial charge < -0.3 is 39.7 Å². The van der Waals surface area contributed by atoms with Crippen LogP contribution in [0.3, 0.4) is 0 Å². The van der Waals surface area contributed by atoms with Crippen molar-refractivity contribution < 1.29 is 54.1 Å². The summed E-state index contributed by atoms with van der Waals surface area (Å²) in [5, 5.41) is 50.0. The van der Waals surface area contributed by atoms with Gasteiger partial charge in [0.15, 0.2) is 6.29 Å². The summed E-state index contributed by atoms with van der Waals surface area (Å²) in [6.45, 7) is 0.810. The van der Waals surface area contributed by atoms with Crippen molar-refractivity contribution in [1.82, 2.24) is 0 Å². The third-order valence-electron chi connectivity index (χ3n) is 6.86. The molecule has 5 N–H and O–H groups in total. The summed E-state index contributed by atoms with van der Waals surface area (Å²) in [6.07, 6.45) is -4.15. The van der Waals surface area contributed by atoms with Gasteiger partial charge in [0.25, 0.3) is 0 Å². The van der Waals surface area contributed by atoms with Crippen LogP contribution in [0.25, 0.3) is 6.08 Å². The van der Waals surface area contributed by atoms with Gasteiger partial charge >= 0.3 is 17.9 Å². The number of carbonyl (C=O) groups is 3. The minimum Gasteiger partial charge on any atom is -0.481 e. The summed E-state index contributed by atoms with van der Waals surface area (Å²) in [7, 11) is 0. The predicted molar refractivity (Wildman–Crippen MR) is 123 cm³/mol. The van der Waals surface area contributed by atoms with E-state index in [-0.39, 0.29) is 5.92 Å². The number of benzene rings is 1. The number of esters is 1. The van der Waals surface area contributed by atoms with Gasteiger partial charge in [0.1, 0.15) is 31.0 Å². The van der Waals surface area contributed by atoms with Crippen LogP contribution in [0, 0.1) is 23.7 Å². The van der Waals surface area contributed by atoms with Crippen LogP contribution in [-0.4, -0.2) is 87.4 Å². The lowest BCUT2D eigenvalue weighted by Crippen LogP contribution is -2.59. The Bertz CT molecular complexity index is 933. The molecular formula is C25H32O11. The van der Waals surface area contributed by atoms with Crippen molar-refractivity contribution in [3.05, 3.63) is 42.0 Å². The van der Waals surface area contributed by atoms with Gasteiger partial charge in [0.05, 0.1) is 18.4 Å². The first-order valence-corrected chi connectivity index (χ1v) is 11.8. The Morgan fingerprint density at radius 3 is 2.39 bits per heavy atom. The molecule has 0 radical (unpaired) electrons. The fourth-order valence-electron chi connectivity index (χ4n) is 4.82. The minimum absolute atomic E-state index is 0.196. The molecule has 0 aromatic heterocycles. The molecule has 36 heavy (non-hydrogen) atoms. The number of rotatable bonds is 10. The van der Waals surface area contributed by atoms with E-state index in [4.69, 9.17) is 14.2 Å². The number of aliphatic hydroxyl groups excluding tert-OH is 3. The normalized spacial score (nSPS) is 33.3. The average molecular weight is 509 g/mol. The highest BCUT2D eigenvalue weighted by Crippen LogP contribution is 2.42. The first-order valence-electron chi connectivity index (χ1n) is 11.8. The van der Waals surface area contributed by atoms with E-state index >= 15 is 0 Å². The second-order valence-corrected chi connectivity index (χ2v) is 9.25. The van der Waals surface area contributed by atoms with Crippen LogP contribution in [0.1, 0.15) is 25.3 Å². The third-order valence-corrected chi connectivity index (χ3v) is 6.86. The molecular weight excluding hydrogens is 476 g/mol. The fraction of sp³-hybridized carbons (Fsp3) is 0.560. The highest BCUT2D eigenvalue weighted by atomic mass is 16.7. The summed E-state index contributed by atoms with van der Waals surface area (Å²) < 4.78 is 16.1. The summed E-state index contributed by atoms with van der Waals surface area (Å²) in [5.41, 5.74) is 0.769. The molecule has 0 amide bonds. The molecule has 2 fully saturated rings. The maximum atomic E-state index is 12.0. The lowest BCUT2D eigenvalue weighted by molar-refractivity contribution is -0.304. The summed E-state index contributed by atoms with van der Waals surface area (Å²) in [4.78, 5) is 35.6. The second-order valence-electron chi connectivity index (χ2n) is 9.25. The van der Waals surface area contributed by atoms with Gasteiger partial charge in [-0.05, 0) is 36.3 Å². The molecule has 1 aromatic rings. The molecule has 0 spiro atoms. The van der Waals surface area contributed by atoms with Gasteiger partial charge in [0, 0.05) is 6.08 Å². The smallest absolute Gasteiger partial charge is 0.330 e. The average Bonchev–Trinajstić information content (AvgIpc) is 3.23. The topological polar surface area (TPSA) is 180 Å². The van der Waals surface area contributed by atoms with E-state index in [0.29, 0.717) is 12.8 Å². The van der Waals surface area contributed by atoms with Crippen molar-refractivity contribution in [2.75, 3.05) is 13.2 Å². The first kappa shape index (κ1) is 27.8. The van der Waals surface area contributed by atoms with Gasteiger partial charge in [0.2, 0.25) is 0 Å². The molecule has 1 aliphatic heterocycles. The van der Waals surface area contributed by atoms with Crippen molar-refractivity contribution in [3.63, 3.8) is 0 Å². The molecule has 11 heteroatoms. The van der Waals surface area contributed by atoms with E-state index in [9.17, 15) is 39.9 Å². The van der Waals surface area contributed by atoms with Crippen LogP contribution in [-0.2, 0) is 28.6 Å². The van der Waals surface area contributed by atoms with E-state index in [1.807, 2.05) is 6.07 Å². The number of carboxylic acids is 2. The number of carbonyl (C=O) groups excluding carboxylic acids is 1. The Balaban J connectivity index is 1.60. The number of aliphatic carboxylic acids is 2. The van der Waals surface area contributed by atoms with E-state index in [0.717, 1.165) is 5.56 Å². The number of hydrogen-bond donors (Lipinski definition) is 5. The van der Waals surface area contributed by atoms with Crippen LogP contribution >= 0.6 is 0 Å². The van der Waals surface area contributed by atoms with Crippen LogP contribution in [0.5, 0.6) is 0 Å². The number of ether oxygens (including phenoxy) is 3. The Kier molecular flexibility index (Phi) is 9.57. The van der Waals surface area contributed by atoms with Crippen molar-refractivity contribution in [2.24, 2.45) is 23.7 Å². The Morgan fingerprint density at radius 1 is 1.06 bits per heavy atom. The number of carboxylic acid groups (broad SMARTS) is 2. The molecule has 11 nitrogen and oxygen atoms in total. The lowest BCUT2D eigenvalue weighted by Gasteiger charge is -2.40. The predicted octanol–water partition coefficient (Wildman–Crippen LogP) is 0.515. The van der Waals surface area contributed by atoms with Gasteiger partial charge in [-0.25, -0.2) is 4.79 Å². The zero-order valence-corrected chi connectivity index (χ0v) is 19.8. The second kappa shape index (κ2) is 12.4. The fourth-order valence-corrected chi connectivity index (χ4v) is 4.82. The maximum absolute atomic E-state index is 12.0. The Morgan fingerprint density at radius 2 is 1.75 bits per heavy atom.